The number of rotatable bonds is 9. The van der Waals surface area contributed by atoms with E-state index in [9.17, 15) is 0 Å². The number of hydrogen-bond acceptors (Lipinski definition) is 3. The first-order chi connectivity index (χ1) is 10.3. The molecule has 116 valence electrons. The van der Waals surface area contributed by atoms with Crippen LogP contribution in [0.4, 0.5) is 0 Å². The van der Waals surface area contributed by atoms with E-state index in [-0.39, 0.29) is 0 Å². The van der Waals surface area contributed by atoms with Gasteiger partial charge in [0.2, 0.25) is 0 Å². The van der Waals surface area contributed by atoms with Crippen LogP contribution in [-0.2, 0) is 17.8 Å². The van der Waals surface area contributed by atoms with Crippen LogP contribution in [0.15, 0.2) is 24.5 Å². The van der Waals surface area contributed by atoms with Crippen molar-refractivity contribution in [2.45, 2.75) is 39.8 Å². The highest BCUT2D eigenvalue weighted by Crippen LogP contribution is 2.22. The second-order valence-corrected chi connectivity index (χ2v) is 5.53. The lowest BCUT2D eigenvalue weighted by Crippen LogP contribution is -2.18. The third kappa shape index (κ3) is 4.05. The summed E-state index contributed by atoms with van der Waals surface area (Å²) in [6.07, 6.45) is 6.57. The Hall–Kier alpha value is -1.39. The molecule has 2 aromatic heterocycles. The minimum absolute atomic E-state index is 0.719. The summed E-state index contributed by atoms with van der Waals surface area (Å²) in [6, 6.07) is 4.18. The molecule has 0 radical (unpaired) electrons. The molecule has 4 heteroatoms. The maximum absolute atomic E-state index is 5.07. The topological polar surface area (TPSA) is 39.1 Å². The summed E-state index contributed by atoms with van der Waals surface area (Å²) in [5, 5.41) is 4.68. The molecule has 2 aromatic rings. The normalized spacial score (nSPS) is 11.6. The minimum Gasteiger partial charge on any atom is -0.383 e. The number of fused-ring (bicyclic) bond motifs is 1. The average molecular weight is 289 g/mol. The first kappa shape index (κ1) is 16.0. The summed E-state index contributed by atoms with van der Waals surface area (Å²) in [6.45, 7) is 8.06. The zero-order valence-electron chi connectivity index (χ0n) is 13.4. The molecule has 0 saturated heterocycles. The van der Waals surface area contributed by atoms with Gasteiger partial charge in [-0.1, -0.05) is 26.7 Å². The van der Waals surface area contributed by atoms with Gasteiger partial charge in [0, 0.05) is 44.5 Å². The Kier molecular flexibility index (Phi) is 6.21. The Morgan fingerprint density at radius 2 is 2.14 bits per heavy atom. The predicted molar refractivity (Wildman–Crippen MR) is 87.4 cm³/mol. The molecule has 0 spiro atoms. The van der Waals surface area contributed by atoms with Crippen LogP contribution in [0.1, 0.15) is 32.3 Å². The Morgan fingerprint density at radius 1 is 1.33 bits per heavy atom. The van der Waals surface area contributed by atoms with Gasteiger partial charge in [-0.2, -0.15) is 0 Å². The molecule has 0 aliphatic rings. The molecule has 2 heterocycles. The number of pyridine rings is 1. The van der Waals surface area contributed by atoms with Gasteiger partial charge < -0.3 is 14.6 Å². The van der Waals surface area contributed by atoms with Crippen LogP contribution >= 0.6 is 0 Å². The van der Waals surface area contributed by atoms with Crippen LogP contribution in [0, 0.1) is 5.92 Å². The fraction of sp³-hybridized carbons (Fsp3) is 0.588. The number of methoxy groups -OCH3 is 1. The van der Waals surface area contributed by atoms with E-state index >= 15 is 0 Å². The zero-order valence-corrected chi connectivity index (χ0v) is 13.4. The predicted octanol–water partition coefficient (Wildman–Crippen LogP) is 3.21. The van der Waals surface area contributed by atoms with E-state index in [4.69, 9.17) is 4.74 Å². The highest BCUT2D eigenvalue weighted by atomic mass is 16.5. The molecule has 0 saturated carbocycles. The average Bonchev–Trinajstić information content (AvgIpc) is 2.87. The molecule has 0 aliphatic heterocycles. The Morgan fingerprint density at radius 3 is 2.86 bits per heavy atom. The molecular weight excluding hydrogens is 262 g/mol. The lowest BCUT2D eigenvalue weighted by Gasteiger charge is -2.13. The molecule has 21 heavy (non-hydrogen) atoms. The standard InChI is InChI=1S/C17H27N3O/c1-4-14(5-2)12-20-13-15(11-18-9-10-21-3)16-7-6-8-19-17(16)20/h6-8,13-14,18H,4-5,9-12H2,1-3H3. The molecule has 0 atom stereocenters. The van der Waals surface area contributed by atoms with Crippen LogP contribution in [0.5, 0.6) is 0 Å². The van der Waals surface area contributed by atoms with Crippen LogP contribution in [-0.4, -0.2) is 29.8 Å². The molecule has 4 nitrogen and oxygen atoms in total. The summed E-state index contributed by atoms with van der Waals surface area (Å²) in [5.41, 5.74) is 2.42. The van der Waals surface area contributed by atoms with Crippen molar-refractivity contribution in [3.8, 4) is 0 Å². The largest absolute Gasteiger partial charge is 0.383 e. The van der Waals surface area contributed by atoms with E-state index in [1.807, 2.05) is 12.3 Å². The quantitative estimate of drug-likeness (QED) is 0.721. The van der Waals surface area contributed by atoms with Gasteiger partial charge in [-0.05, 0) is 23.6 Å². The number of nitrogens with one attached hydrogen (secondary N) is 1. The molecular formula is C17H27N3O. The highest BCUT2D eigenvalue weighted by molar-refractivity contribution is 5.80. The molecule has 0 fully saturated rings. The molecule has 0 unspecified atom stereocenters. The summed E-state index contributed by atoms with van der Waals surface area (Å²) in [4.78, 5) is 4.58. The number of nitrogens with zero attached hydrogens (tertiary/aromatic N) is 2. The van der Waals surface area contributed by atoms with Crippen molar-refractivity contribution >= 4 is 11.0 Å². The summed E-state index contributed by atoms with van der Waals surface area (Å²) in [7, 11) is 1.73. The number of ether oxygens (including phenoxy) is 1. The van der Waals surface area contributed by atoms with Crippen molar-refractivity contribution < 1.29 is 4.74 Å². The van der Waals surface area contributed by atoms with Crippen molar-refractivity contribution in [2.24, 2.45) is 5.92 Å². The van der Waals surface area contributed by atoms with Gasteiger partial charge in [-0.25, -0.2) is 4.98 Å². The maximum Gasteiger partial charge on any atom is 0.140 e. The van der Waals surface area contributed by atoms with E-state index in [2.05, 4.69) is 41.0 Å². The monoisotopic (exact) mass is 289 g/mol. The van der Waals surface area contributed by atoms with Crippen LogP contribution in [0.2, 0.25) is 0 Å². The lowest BCUT2D eigenvalue weighted by molar-refractivity contribution is 0.199. The summed E-state index contributed by atoms with van der Waals surface area (Å²) in [5.74, 6) is 0.719. The van der Waals surface area contributed by atoms with E-state index in [1.54, 1.807) is 7.11 Å². The smallest absolute Gasteiger partial charge is 0.140 e. The first-order valence-corrected chi connectivity index (χ1v) is 7.92. The zero-order chi connectivity index (χ0) is 15.1. The minimum atomic E-state index is 0.719. The van der Waals surface area contributed by atoms with Gasteiger partial charge in [-0.15, -0.1) is 0 Å². The van der Waals surface area contributed by atoms with Gasteiger partial charge in [0.15, 0.2) is 0 Å². The van der Waals surface area contributed by atoms with Crippen LogP contribution < -0.4 is 5.32 Å². The van der Waals surface area contributed by atoms with Gasteiger partial charge in [0.25, 0.3) is 0 Å². The van der Waals surface area contributed by atoms with Gasteiger partial charge >= 0.3 is 0 Å². The summed E-state index contributed by atoms with van der Waals surface area (Å²) >= 11 is 0. The number of hydrogen-bond donors (Lipinski definition) is 1. The van der Waals surface area contributed by atoms with Crippen molar-refractivity contribution in [1.29, 1.82) is 0 Å². The third-order valence-corrected chi connectivity index (χ3v) is 4.12. The lowest BCUT2D eigenvalue weighted by atomic mass is 10.0. The fourth-order valence-corrected chi connectivity index (χ4v) is 2.70. The van der Waals surface area contributed by atoms with Crippen LogP contribution in [0.25, 0.3) is 11.0 Å². The second-order valence-electron chi connectivity index (χ2n) is 5.53. The Bertz CT molecular complexity index is 546. The molecule has 0 bridgehead atoms. The third-order valence-electron chi connectivity index (χ3n) is 4.12. The SMILES string of the molecule is CCC(CC)Cn1cc(CNCCOC)c2cccnc21. The van der Waals surface area contributed by atoms with E-state index < -0.39 is 0 Å². The highest BCUT2D eigenvalue weighted by Gasteiger charge is 2.12. The first-order valence-electron chi connectivity index (χ1n) is 7.92. The fourth-order valence-electron chi connectivity index (χ4n) is 2.70. The van der Waals surface area contributed by atoms with E-state index in [1.165, 1.54) is 23.8 Å². The van der Waals surface area contributed by atoms with Gasteiger partial charge in [0.1, 0.15) is 5.65 Å². The Balaban J connectivity index is 2.17. The van der Waals surface area contributed by atoms with E-state index in [0.717, 1.165) is 37.8 Å². The maximum atomic E-state index is 5.07. The molecule has 0 aliphatic carbocycles. The number of aromatic nitrogens is 2. The molecule has 2 rings (SSSR count). The van der Waals surface area contributed by atoms with Gasteiger partial charge in [-0.3, -0.25) is 0 Å². The van der Waals surface area contributed by atoms with Gasteiger partial charge in [0.05, 0.1) is 6.61 Å². The molecule has 0 amide bonds. The van der Waals surface area contributed by atoms with Crippen molar-refractivity contribution in [3.05, 3.63) is 30.1 Å². The Labute approximate surface area is 127 Å². The summed E-state index contributed by atoms with van der Waals surface area (Å²) < 4.78 is 7.39. The van der Waals surface area contributed by atoms with Crippen molar-refractivity contribution in [2.75, 3.05) is 20.3 Å². The van der Waals surface area contributed by atoms with Crippen LogP contribution in [0.3, 0.4) is 0 Å². The van der Waals surface area contributed by atoms with Crippen molar-refractivity contribution in [1.82, 2.24) is 14.9 Å². The molecule has 1 N–H and O–H groups in total. The van der Waals surface area contributed by atoms with E-state index in [0.29, 0.717) is 0 Å². The molecule has 0 aromatic carbocycles. The van der Waals surface area contributed by atoms with Crippen molar-refractivity contribution in [3.63, 3.8) is 0 Å². The second kappa shape index (κ2) is 8.15.